The summed E-state index contributed by atoms with van der Waals surface area (Å²) in [5.41, 5.74) is 4.68. The topological polar surface area (TPSA) is 63.5 Å². The second-order valence-corrected chi connectivity index (χ2v) is 7.15. The molecule has 1 heterocycles. The minimum absolute atomic E-state index is 0.447. The molecule has 1 aromatic heterocycles. The van der Waals surface area contributed by atoms with Crippen molar-refractivity contribution in [2.75, 3.05) is 27.2 Å². The van der Waals surface area contributed by atoms with Gasteiger partial charge in [0.2, 0.25) is 0 Å². The molecule has 0 saturated carbocycles. The fourth-order valence-electron chi connectivity index (χ4n) is 3.06. The van der Waals surface area contributed by atoms with Crippen LogP contribution >= 0.6 is 0 Å². The first-order valence-corrected chi connectivity index (χ1v) is 9.52. The number of aromatic nitrogens is 2. The van der Waals surface area contributed by atoms with E-state index in [4.69, 9.17) is 4.74 Å². The van der Waals surface area contributed by atoms with Gasteiger partial charge < -0.3 is 15.4 Å². The molecule has 0 saturated heterocycles. The molecule has 1 aromatic carbocycles. The van der Waals surface area contributed by atoms with Gasteiger partial charge in [0.15, 0.2) is 5.96 Å². The number of methoxy groups -OCH3 is 1. The molecular formula is C21H33N5O. The second-order valence-electron chi connectivity index (χ2n) is 7.15. The zero-order valence-corrected chi connectivity index (χ0v) is 17.5. The van der Waals surface area contributed by atoms with E-state index in [1.54, 1.807) is 14.2 Å². The lowest BCUT2D eigenvalue weighted by atomic mass is 10.1. The SMILES string of the molecule is CN=C(NCCc1ccc(C)c(OC)c1)NCC(C)Cn1nc(C)cc1C. The average molecular weight is 372 g/mol. The van der Waals surface area contributed by atoms with Crippen molar-refractivity contribution in [1.29, 1.82) is 0 Å². The summed E-state index contributed by atoms with van der Waals surface area (Å²) in [6.45, 7) is 11.0. The van der Waals surface area contributed by atoms with Gasteiger partial charge in [0.1, 0.15) is 5.75 Å². The van der Waals surface area contributed by atoms with Gasteiger partial charge in [-0.05, 0) is 56.4 Å². The molecule has 6 heteroatoms. The van der Waals surface area contributed by atoms with Gasteiger partial charge >= 0.3 is 0 Å². The van der Waals surface area contributed by atoms with Crippen LogP contribution in [0.5, 0.6) is 5.75 Å². The van der Waals surface area contributed by atoms with Crippen LogP contribution in [0.3, 0.4) is 0 Å². The zero-order valence-electron chi connectivity index (χ0n) is 17.5. The summed E-state index contributed by atoms with van der Waals surface area (Å²) in [6.07, 6.45) is 0.915. The van der Waals surface area contributed by atoms with Crippen molar-refractivity contribution in [2.24, 2.45) is 10.9 Å². The normalized spacial score (nSPS) is 12.7. The smallest absolute Gasteiger partial charge is 0.190 e. The van der Waals surface area contributed by atoms with E-state index in [1.807, 2.05) is 6.92 Å². The first-order chi connectivity index (χ1) is 12.9. The van der Waals surface area contributed by atoms with Crippen molar-refractivity contribution in [3.05, 3.63) is 46.8 Å². The van der Waals surface area contributed by atoms with Crippen LogP contribution in [-0.2, 0) is 13.0 Å². The number of hydrogen-bond donors (Lipinski definition) is 2. The van der Waals surface area contributed by atoms with Crippen LogP contribution in [0.4, 0.5) is 0 Å². The Hall–Kier alpha value is -2.50. The van der Waals surface area contributed by atoms with Crippen LogP contribution < -0.4 is 15.4 Å². The van der Waals surface area contributed by atoms with Crippen LogP contribution in [0, 0.1) is 26.7 Å². The molecule has 0 aliphatic carbocycles. The van der Waals surface area contributed by atoms with E-state index < -0.39 is 0 Å². The van der Waals surface area contributed by atoms with Gasteiger partial charge in [-0.2, -0.15) is 5.10 Å². The summed E-state index contributed by atoms with van der Waals surface area (Å²) < 4.78 is 7.47. The average Bonchev–Trinajstić information content (AvgIpc) is 2.96. The highest BCUT2D eigenvalue weighted by atomic mass is 16.5. The summed E-state index contributed by atoms with van der Waals surface area (Å²) in [5, 5.41) is 11.3. The maximum absolute atomic E-state index is 5.39. The second kappa shape index (κ2) is 10.00. The molecular weight excluding hydrogens is 338 g/mol. The standard InChI is InChI=1S/C21H33N5O/c1-15(14-26-18(4)11-17(3)25-26)13-24-21(22-5)23-10-9-19-8-7-16(2)20(12-19)27-6/h7-8,11-12,15H,9-10,13-14H2,1-6H3,(H2,22,23,24). The van der Waals surface area contributed by atoms with Gasteiger partial charge in [-0.3, -0.25) is 9.67 Å². The third-order valence-electron chi connectivity index (χ3n) is 4.61. The fourth-order valence-corrected chi connectivity index (χ4v) is 3.06. The van der Waals surface area contributed by atoms with Crippen LogP contribution in [0.25, 0.3) is 0 Å². The van der Waals surface area contributed by atoms with Crippen LogP contribution in [-0.4, -0.2) is 43.0 Å². The van der Waals surface area contributed by atoms with E-state index in [0.717, 1.165) is 49.0 Å². The van der Waals surface area contributed by atoms with Gasteiger partial charge in [0.05, 0.1) is 12.8 Å². The predicted octanol–water partition coefficient (Wildman–Crippen LogP) is 2.86. The Labute approximate surface area is 163 Å². The number of nitrogens with one attached hydrogen (secondary N) is 2. The third-order valence-corrected chi connectivity index (χ3v) is 4.61. The fraction of sp³-hybridized carbons (Fsp3) is 0.524. The molecule has 0 radical (unpaired) electrons. The third kappa shape index (κ3) is 6.31. The lowest BCUT2D eigenvalue weighted by Gasteiger charge is -2.17. The first-order valence-electron chi connectivity index (χ1n) is 9.52. The van der Waals surface area contributed by atoms with Crippen molar-refractivity contribution in [3.8, 4) is 5.75 Å². The zero-order chi connectivity index (χ0) is 19.8. The highest BCUT2D eigenvalue weighted by Crippen LogP contribution is 2.19. The van der Waals surface area contributed by atoms with Gasteiger partial charge in [0, 0.05) is 32.4 Å². The molecule has 1 unspecified atom stereocenters. The van der Waals surface area contributed by atoms with Crippen molar-refractivity contribution < 1.29 is 4.74 Å². The Morgan fingerprint density at radius 2 is 2.00 bits per heavy atom. The minimum atomic E-state index is 0.447. The molecule has 1 atom stereocenters. The largest absolute Gasteiger partial charge is 0.496 e. The predicted molar refractivity (Wildman–Crippen MR) is 112 cm³/mol. The minimum Gasteiger partial charge on any atom is -0.496 e. The molecule has 2 rings (SSSR count). The van der Waals surface area contributed by atoms with Crippen molar-refractivity contribution in [3.63, 3.8) is 0 Å². The molecule has 148 valence electrons. The number of guanidine groups is 1. The van der Waals surface area contributed by atoms with E-state index in [9.17, 15) is 0 Å². The maximum atomic E-state index is 5.39. The number of ether oxygens (including phenoxy) is 1. The molecule has 0 fully saturated rings. The van der Waals surface area contributed by atoms with Gasteiger partial charge in [-0.1, -0.05) is 19.1 Å². The number of rotatable bonds is 8. The van der Waals surface area contributed by atoms with E-state index in [0.29, 0.717) is 5.92 Å². The van der Waals surface area contributed by atoms with Crippen molar-refractivity contribution >= 4 is 5.96 Å². The Morgan fingerprint density at radius 1 is 1.22 bits per heavy atom. The molecule has 2 N–H and O–H groups in total. The van der Waals surface area contributed by atoms with Crippen molar-refractivity contribution in [2.45, 2.75) is 40.7 Å². The highest BCUT2D eigenvalue weighted by molar-refractivity contribution is 5.79. The Bertz CT molecular complexity index is 766. The Balaban J connectivity index is 1.76. The van der Waals surface area contributed by atoms with Crippen LogP contribution in [0.1, 0.15) is 29.4 Å². The van der Waals surface area contributed by atoms with E-state index >= 15 is 0 Å². The first kappa shape index (κ1) is 20.8. The summed E-state index contributed by atoms with van der Waals surface area (Å²) >= 11 is 0. The van der Waals surface area contributed by atoms with E-state index in [-0.39, 0.29) is 0 Å². The molecule has 0 spiro atoms. The Morgan fingerprint density at radius 3 is 2.63 bits per heavy atom. The summed E-state index contributed by atoms with van der Waals surface area (Å²) in [5.74, 6) is 2.21. The lowest BCUT2D eigenvalue weighted by Crippen LogP contribution is -2.40. The summed E-state index contributed by atoms with van der Waals surface area (Å²) in [7, 11) is 3.51. The van der Waals surface area contributed by atoms with Crippen LogP contribution in [0.2, 0.25) is 0 Å². The van der Waals surface area contributed by atoms with Gasteiger partial charge in [-0.15, -0.1) is 0 Å². The monoisotopic (exact) mass is 371 g/mol. The molecule has 0 aliphatic heterocycles. The molecule has 0 amide bonds. The summed E-state index contributed by atoms with van der Waals surface area (Å²) in [6, 6.07) is 8.46. The van der Waals surface area contributed by atoms with Gasteiger partial charge in [0.25, 0.3) is 0 Å². The highest BCUT2D eigenvalue weighted by Gasteiger charge is 2.08. The number of benzene rings is 1. The number of aliphatic imine (C=N–C) groups is 1. The summed E-state index contributed by atoms with van der Waals surface area (Å²) in [4.78, 5) is 4.32. The molecule has 0 bridgehead atoms. The van der Waals surface area contributed by atoms with E-state index in [2.05, 4.69) is 70.4 Å². The number of hydrogen-bond acceptors (Lipinski definition) is 3. The van der Waals surface area contributed by atoms with Gasteiger partial charge in [-0.25, -0.2) is 0 Å². The quantitative estimate of drug-likeness (QED) is 0.553. The van der Waals surface area contributed by atoms with Crippen molar-refractivity contribution in [1.82, 2.24) is 20.4 Å². The number of nitrogens with zero attached hydrogens (tertiary/aromatic N) is 3. The molecule has 6 nitrogen and oxygen atoms in total. The lowest BCUT2D eigenvalue weighted by molar-refractivity contribution is 0.411. The van der Waals surface area contributed by atoms with E-state index in [1.165, 1.54) is 11.3 Å². The van der Waals surface area contributed by atoms with Crippen LogP contribution in [0.15, 0.2) is 29.3 Å². The molecule has 27 heavy (non-hydrogen) atoms. The molecule has 0 aliphatic rings. The number of aryl methyl sites for hydroxylation is 3. The Kier molecular flexibility index (Phi) is 7.70. The maximum Gasteiger partial charge on any atom is 0.190 e. The molecule has 2 aromatic rings.